The third-order valence-corrected chi connectivity index (χ3v) is 4.55. The van der Waals surface area contributed by atoms with Gasteiger partial charge in [-0.25, -0.2) is 4.79 Å². The van der Waals surface area contributed by atoms with Crippen LogP contribution in [0.2, 0.25) is 0 Å². The van der Waals surface area contributed by atoms with Crippen LogP contribution in [-0.2, 0) is 4.74 Å². The minimum atomic E-state index is -0.564. The number of anilines is 1. The van der Waals surface area contributed by atoms with Gasteiger partial charge in [0.15, 0.2) is 5.82 Å². The molecule has 29 heavy (non-hydrogen) atoms. The quantitative estimate of drug-likeness (QED) is 0.511. The number of nitrogens with zero attached hydrogens (tertiary/aromatic N) is 3. The van der Waals surface area contributed by atoms with Gasteiger partial charge < -0.3 is 4.74 Å². The van der Waals surface area contributed by atoms with E-state index in [9.17, 15) is 4.79 Å². The van der Waals surface area contributed by atoms with Crippen LogP contribution in [-0.4, -0.2) is 21.1 Å². The van der Waals surface area contributed by atoms with Gasteiger partial charge in [0.1, 0.15) is 6.10 Å². The average molecular weight is 384 g/mol. The molecule has 4 rings (SSSR count). The van der Waals surface area contributed by atoms with Crippen LogP contribution in [0.15, 0.2) is 91.1 Å². The largest absolute Gasteiger partial charge is 0.441 e. The van der Waals surface area contributed by atoms with Crippen LogP contribution in [0.25, 0.3) is 16.8 Å². The lowest BCUT2D eigenvalue weighted by molar-refractivity contribution is 0.121. The van der Waals surface area contributed by atoms with Crippen LogP contribution in [0.3, 0.4) is 0 Å². The molecule has 4 aromatic rings. The zero-order valence-electron chi connectivity index (χ0n) is 15.9. The molecule has 0 aliphatic rings. The number of hydrogen-bond acceptors (Lipinski definition) is 4. The summed E-state index contributed by atoms with van der Waals surface area (Å²) in [6.45, 7) is 1.83. The van der Waals surface area contributed by atoms with E-state index >= 15 is 0 Å². The molecule has 0 fully saturated rings. The molecule has 0 saturated heterocycles. The van der Waals surface area contributed by atoms with Crippen molar-refractivity contribution in [1.82, 2.24) is 15.0 Å². The first-order valence-corrected chi connectivity index (χ1v) is 9.30. The van der Waals surface area contributed by atoms with Gasteiger partial charge in [-0.2, -0.15) is 4.68 Å². The smallest absolute Gasteiger partial charge is 0.413 e. The number of rotatable bonds is 5. The summed E-state index contributed by atoms with van der Waals surface area (Å²) in [5.74, 6) is 0.433. The van der Waals surface area contributed by atoms with Crippen molar-refractivity contribution in [3.05, 3.63) is 96.7 Å². The zero-order chi connectivity index (χ0) is 20.1. The van der Waals surface area contributed by atoms with Gasteiger partial charge in [0, 0.05) is 0 Å². The number of carbonyl (C=O) groups is 1. The molecule has 0 spiro atoms. The molecule has 144 valence electrons. The lowest BCUT2D eigenvalue weighted by atomic mass is 10.1. The SMILES string of the molecule is C[C@@H](OC(=O)Nc1cnnn1-c1ccc(-c2ccccc2)cc1)c1ccccc1. The van der Waals surface area contributed by atoms with Gasteiger partial charge in [-0.05, 0) is 35.7 Å². The Morgan fingerprint density at radius 2 is 1.52 bits per heavy atom. The number of amides is 1. The molecule has 3 aromatic carbocycles. The van der Waals surface area contributed by atoms with E-state index in [-0.39, 0.29) is 6.10 Å². The van der Waals surface area contributed by atoms with Gasteiger partial charge in [-0.1, -0.05) is 78.0 Å². The highest BCUT2D eigenvalue weighted by Gasteiger charge is 2.15. The zero-order valence-corrected chi connectivity index (χ0v) is 15.9. The second-order valence-electron chi connectivity index (χ2n) is 6.53. The van der Waals surface area contributed by atoms with Crippen molar-refractivity contribution in [3.8, 4) is 16.8 Å². The molecule has 6 nitrogen and oxygen atoms in total. The molecule has 0 bridgehead atoms. The molecule has 1 aromatic heterocycles. The molecule has 6 heteroatoms. The van der Waals surface area contributed by atoms with E-state index in [0.717, 1.165) is 22.4 Å². The van der Waals surface area contributed by atoms with Crippen LogP contribution < -0.4 is 5.32 Å². The van der Waals surface area contributed by atoms with E-state index in [2.05, 4.69) is 27.8 Å². The normalized spacial score (nSPS) is 11.6. The number of hydrogen-bond donors (Lipinski definition) is 1. The van der Waals surface area contributed by atoms with Gasteiger partial charge in [0.05, 0.1) is 11.9 Å². The molecule has 0 aliphatic carbocycles. The monoisotopic (exact) mass is 384 g/mol. The highest BCUT2D eigenvalue weighted by Crippen LogP contribution is 2.22. The fourth-order valence-corrected chi connectivity index (χ4v) is 3.02. The van der Waals surface area contributed by atoms with Crippen LogP contribution in [0.1, 0.15) is 18.6 Å². The summed E-state index contributed by atoms with van der Waals surface area (Å²) in [6, 6.07) is 27.6. The van der Waals surface area contributed by atoms with Crippen LogP contribution in [0.5, 0.6) is 0 Å². The first-order valence-electron chi connectivity index (χ1n) is 9.30. The number of aromatic nitrogens is 3. The Morgan fingerprint density at radius 1 is 0.897 bits per heavy atom. The van der Waals surface area contributed by atoms with E-state index in [1.807, 2.05) is 79.7 Å². The van der Waals surface area contributed by atoms with E-state index in [1.54, 1.807) is 4.68 Å². The first-order chi connectivity index (χ1) is 14.2. The fraction of sp³-hybridized carbons (Fsp3) is 0.0870. The topological polar surface area (TPSA) is 69.0 Å². The van der Waals surface area contributed by atoms with Crippen molar-refractivity contribution in [2.75, 3.05) is 5.32 Å². The lowest BCUT2D eigenvalue weighted by Gasteiger charge is -2.14. The predicted molar refractivity (Wildman–Crippen MR) is 112 cm³/mol. The summed E-state index contributed by atoms with van der Waals surface area (Å²) in [6.07, 6.45) is 0.552. The first kappa shape index (κ1) is 18.4. The summed E-state index contributed by atoms with van der Waals surface area (Å²) in [4.78, 5) is 12.3. The predicted octanol–water partition coefficient (Wildman–Crippen LogP) is 5.24. The Kier molecular flexibility index (Phi) is 5.33. The highest BCUT2D eigenvalue weighted by molar-refractivity contribution is 5.83. The van der Waals surface area contributed by atoms with Crippen LogP contribution in [0.4, 0.5) is 10.6 Å². The molecule has 0 saturated carbocycles. The second-order valence-corrected chi connectivity index (χ2v) is 6.53. The second kappa shape index (κ2) is 8.39. The molecule has 0 aliphatic heterocycles. The van der Waals surface area contributed by atoms with E-state index < -0.39 is 6.09 Å². The van der Waals surface area contributed by atoms with Gasteiger partial charge in [-0.3, -0.25) is 5.32 Å². The van der Waals surface area contributed by atoms with E-state index in [0.29, 0.717) is 5.82 Å². The van der Waals surface area contributed by atoms with Gasteiger partial charge in [0.25, 0.3) is 0 Å². The summed E-state index contributed by atoms with van der Waals surface area (Å²) in [5, 5.41) is 10.7. The molecule has 1 atom stereocenters. The molecular formula is C23H20N4O2. The average Bonchev–Trinajstić information content (AvgIpc) is 3.23. The maximum atomic E-state index is 12.3. The Labute approximate surface area is 168 Å². The number of benzene rings is 3. The van der Waals surface area contributed by atoms with Crippen molar-refractivity contribution >= 4 is 11.9 Å². The summed E-state index contributed by atoms with van der Waals surface area (Å²) >= 11 is 0. The fourth-order valence-electron chi connectivity index (χ4n) is 3.02. The molecule has 0 radical (unpaired) electrons. The Balaban J connectivity index is 1.46. The number of carbonyl (C=O) groups excluding carboxylic acids is 1. The van der Waals surface area contributed by atoms with Gasteiger partial charge in [0.2, 0.25) is 0 Å². The number of ether oxygens (including phenoxy) is 1. The van der Waals surface area contributed by atoms with Crippen molar-refractivity contribution in [1.29, 1.82) is 0 Å². The third-order valence-electron chi connectivity index (χ3n) is 4.55. The summed E-state index contributed by atoms with van der Waals surface area (Å²) < 4.78 is 7.02. The molecular weight excluding hydrogens is 364 g/mol. The molecule has 1 heterocycles. The Bertz CT molecular complexity index is 1080. The Morgan fingerprint density at radius 3 is 2.21 bits per heavy atom. The van der Waals surface area contributed by atoms with Crippen molar-refractivity contribution in [2.45, 2.75) is 13.0 Å². The standard InChI is InChI=1S/C23H20N4O2/c1-17(18-8-4-2-5-9-18)29-23(28)25-22-16-24-26-27(22)21-14-12-20(13-15-21)19-10-6-3-7-11-19/h2-17H,1H3,(H,25,28)/t17-/m1/s1. The molecule has 1 amide bonds. The van der Waals surface area contributed by atoms with E-state index in [1.165, 1.54) is 6.20 Å². The maximum Gasteiger partial charge on any atom is 0.413 e. The summed E-state index contributed by atoms with van der Waals surface area (Å²) in [7, 11) is 0. The van der Waals surface area contributed by atoms with Crippen molar-refractivity contribution in [2.24, 2.45) is 0 Å². The highest BCUT2D eigenvalue weighted by atomic mass is 16.6. The van der Waals surface area contributed by atoms with Crippen molar-refractivity contribution < 1.29 is 9.53 Å². The van der Waals surface area contributed by atoms with Gasteiger partial charge >= 0.3 is 6.09 Å². The minimum absolute atomic E-state index is 0.370. The third kappa shape index (κ3) is 4.32. The summed E-state index contributed by atoms with van der Waals surface area (Å²) in [5.41, 5.74) is 3.94. The Hall–Kier alpha value is -3.93. The number of nitrogens with one attached hydrogen (secondary N) is 1. The van der Waals surface area contributed by atoms with E-state index in [4.69, 9.17) is 4.74 Å². The van der Waals surface area contributed by atoms with Crippen LogP contribution >= 0.6 is 0 Å². The molecule has 1 N–H and O–H groups in total. The van der Waals surface area contributed by atoms with Crippen LogP contribution in [0, 0.1) is 0 Å². The van der Waals surface area contributed by atoms with Crippen molar-refractivity contribution in [3.63, 3.8) is 0 Å². The minimum Gasteiger partial charge on any atom is -0.441 e. The lowest BCUT2D eigenvalue weighted by Crippen LogP contribution is -2.18. The molecule has 0 unspecified atom stereocenters. The van der Waals surface area contributed by atoms with Gasteiger partial charge in [-0.15, -0.1) is 5.10 Å². The maximum absolute atomic E-state index is 12.3.